The first kappa shape index (κ1) is 14.8. The van der Waals surface area contributed by atoms with Gasteiger partial charge in [0.1, 0.15) is 17.7 Å². The summed E-state index contributed by atoms with van der Waals surface area (Å²) >= 11 is 0. The van der Waals surface area contributed by atoms with E-state index >= 15 is 0 Å². The first-order valence-corrected chi connectivity index (χ1v) is 8.32. The van der Waals surface area contributed by atoms with E-state index in [1.54, 1.807) is 12.1 Å². The lowest BCUT2D eigenvalue weighted by Crippen LogP contribution is -2.63. The zero-order valence-electron chi connectivity index (χ0n) is 13.1. The van der Waals surface area contributed by atoms with Crippen molar-refractivity contribution in [2.75, 3.05) is 6.54 Å². The summed E-state index contributed by atoms with van der Waals surface area (Å²) in [6.07, 6.45) is 7.70. The number of nitrogens with one attached hydrogen (secondary N) is 1. The fraction of sp³-hybridized carbons (Fsp3) is 0.667. The summed E-state index contributed by atoms with van der Waals surface area (Å²) in [5.41, 5.74) is 1.21. The van der Waals surface area contributed by atoms with Crippen LogP contribution in [0.2, 0.25) is 0 Å². The maximum absolute atomic E-state index is 13.2. The molecular weight excluding hydrogens is 265 g/mol. The molecule has 1 N–H and O–H groups in total. The summed E-state index contributed by atoms with van der Waals surface area (Å²) < 4.78 is 19.5. The second-order valence-corrected chi connectivity index (χ2v) is 6.70. The number of halogens is 1. The molecule has 116 valence electrons. The quantitative estimate of drug-likeness (QED) is 0.877. The second-order valence-electron chi connectivity index (χ2n) is 6.70. The van der Waals surface area contributed by atoms with Crippen LogP contribution in [0.4, 0.5) is 4.39 Å². The van der Waals surface area contributed by atoms with E-state index in [4.69, 9.17) is 4.74 Å². The number of hydrogen-bond acceptors (Lipinski definition) is 2. The highest BCUT2D eigenvalue weighted by atomic mass is 19.1. The first-order valence-electron chi connectivity index (χ1n) is 8.32. The van der Waals surface area contributed by atoms with E-state index in [0.29, 0.717) is 17.6 Å². The molecule has 0 saturated heterocycles. The Kier molecular flexibility index (Phi) is 4.21. The lowest BCUT2D eigenvalue weighted by atomic mass is 9.60. The fourth-order valence-electron chi connectivity index (χ4n) is 4.12. The summed E-state index contributed by atoms with van der Waals surface area (Å²) in [4.78, 5) is 0. The zero-order chi connectivity index (χ0) is 14.9. The number of rotatable bonds is 5. The lowest BCUT2D eigenvalue weighted by Gasteiger charge is -2.54. The van der Waals surface area contributed by atoms with Crippen molar-refractivity contribution in [1.29, 1.82) is 0 Å². The molecule has 2 saturated carbocycles. The molecule has 0 bridgehead atoms. The number of ether oxygens (including phenoxy) is 1. The fourth-order valence-corrected chi connectivity index (χ4v) is 4.12. The Labute approximate surface area is 127 Å². The lowest BCUT2D eigenvalue weighted by molar-refractivity contribution is -0.0762. The number of aryl methyl sites for hydroxylation is 1. The molecule has 0 radical (unpaired) electrons. The van der Waals surface area contributed by atoms with E-state index in [1.165, 1.54) is 38.2 Å². The van der Waals surface area contributed by atoms with Crippen molar-refractivity contribution in [3.8, 4) is 5.75 Å². The molecule has 0 heterocycles. The topological polar surface area (TPSA) is 21.3 Å². The predicted molar refractivity (Wildman–Crippen MR) is 83.2 cm³/mol. The molecule has 21 heavy (non-hydrogen) atoms. The molecule has 2 aliphatic carbocycles. The van der Waals surface area contributed by atoms with Crippen molar-refractivity contribution in [2.45, 2.75) is 64.5 Å². The van der Waals surface area contributed by atoms with Crippen molar-refractivity contribution in [1.82, 2.24) is 5.32 Å². The van der Waals surface area contributed by atoms with Crippen LogP contribution in [0, 0.1) is 18.2 Å². The summed E-state index contributed by atoms with van der Waals surface area (Å²) in [5, 5.41) is 3.70. The Morgan fingerprint density at radius 2 is 2.10 bits per heavy atom. The average Bonchev–Trinajstić information content (AvgIpc) is 2.96. The number of benzene rings is 1. The molecule has 2 atom stereocenters. The van der Waals surface area contributed by atoms with E-state index in [2.05, 4.69) is 12.2 Å². The van der Waals surface area contributed by atoms with E-state index < -0.39 is 0 Å². The SMILES string of the molecule is CCCNC1CC(Oc2ccc(F)cc2C)C12CCCC2. The molecule has 1 aromatic carbocycles. The first-order chi connectivity index (χ1) is 10.2. The van der Waals surface area contributed by atoms with Gasteiger partial charge in [-0.3, -0.25) is 0 Å². The second kappa shape index (κ2) is 5.96. The normalized spacial score (nSPS) is 26.8. The van der Waals surface area contributed by atoms with Crippen LogP contribution in [0.1, 0.15) is 51.0 Å². The number of hydrogen-bond donors (Lipinski definition) is 1. The van der Waals surface area contributed by atoms with Gasteiger partial charge < -0.3 is 10.1 Å². The Morgan fingerprint density at radius 1 is 1.33 bits per heavy atom. The smallest absolute Gasteiger partial charge is 0.123 e. The average molecular weight is 291 g/mol. The van der Waals surface area contributed by atoms with E-state index in [0.717, 1.165) is 24.3 Å². The van der Waals surface area contributed by atoms with E-state index in [9.17, 15) is 4.39 Å². The van der Waals surface area contributed by atoms with Gasteiger partial charge in [-0.05, 0) is 56.5 Å². The monoisotopic (exact) mass is 291 g/mol. The van der Waals surface area contributed by atoms with Crippen molar-refractivity contribution in [2.24, 2.45) is 5.41 Å². The van der Waals surface area contributed by atoms with Gasteiger partial charge in [-0.15, -0.1) is 0 Å². The molecule has 0 aliphatic heterocycles. The Bertz CT molecular complexity index is 496. The van der Waals surface area contributed by atoms with Crippen LogP contribution in [0.5, 0.6) is 5.75 Å². The van der Waals surface area contributed by atoms with Crippen molar-refractivity contribution in [3.05, 3.63) is 29.6 Å². The van der Waals surface area contributed by atoms with Crippen LogP contribution in [0.25, 0.3) is 0 Å². The highest BCUT2D eigenvalue weighted by Gasteiger charge is 2.57. The largest absolute Gasteiger partial charge is 0.489 e. The molecule has 0 amide bonds. The molecule has 2 nitrogen and oxygen atoms in total. The summed E-state index contributed by atoms with van der Waals surface area (Å²) in [6, 6.07) is 5.43. The van der Waals surface area contributed by atoms with Crippen molar-refractivity contribution < 1.29 is 9.13 Å². The minimum Gasteiger partial charge on any atom is -0.489 e. The molecule has 2 aliphatic rings. The minimum absolute atomic E-state index is 0.188. The third-order valence-electron chi connectivity index (χ3n) is 5.37. The highest BCUT2D eigenvalue weighted by Crippen LogP contribution is 2.54. The van der Waals surface area contributed by atoms with E-state index in [1.807, 2.05) is 6.92 Å². The van der Waals surface area contributed by atoms with Crippen molar-refractivity contribution >= 4 is 0 Å². The van der Waals surface area contributed by atoms with Crippen LogP contribution in [0.15, 0.2) is 18.2 Å². The molecule has 3 heteroatoms. The Hall–Kier alpha value is -1.09. The molecule has 2 fully saturated rings. The molecule has 1 spiro atoms. The van der Waals surface area contributed by atoms with Crippen LogP contribution in [0.3, 0.4) is 0 Å². The predicted octanol–water partition coefficient (Wildman–Crippen LogP) is 4.21. The van der Waals surface area contributed by atoms with Gasteiger partial charge in [-0.25, -0.2) is 4.39 Å². The van der Waals surface area contributed by atoms with Gasteiger partial charge in [0.05, 0.1) is 0 Å². The summed E-state index contributed by atoms with van der Waals surface area (Å²) in [5.74, 6) is 0.660. The minimum atomic E-state index is -0.188. The van der Waals surface area contributed by atoms with Crippen LogP contribution in [-0.2, 0) is 0 Å². The third kappa shape index (κ3) is 2.68. The Morgan fingerprint density at radius 3 is 2.76 bits per heavy atom. The van der Waals surface area contributed by atoms with Gasteiger partial charge in [0, 0.05) is 17.9 Å². The third-order valence-corrected chi connectivity index (χ3v) is 5.37. The molecular formula is C18H26FNO. The van der Waals surface area contributed by atoms with Gasteiger partial charge in [-0.1, -0.05) is 19.8 Å². The highest BCUT2D eigenvalue weighted by molar-refractivity contribution is 5.33. The molecule has 3 rings (SSSR count). The van der Waals surface area contributed by atoms with Crippen LogP contribution >= 0.6 is 0 Å². The summed E-state index contributed by atoms with van der Waals surface area (Å²) in [7, 11) is 0. The van der Waals surface area contributed by atoms with Crippen molar-refractivity contribution in [3.63, 3.8) is 0 Å². The zero-order valence-corrected chi connectivity index (χ0v) is 13.1. The van der Waals surface area contributed by atoms with Gasteiger partial charge in [0.2, 0.25) is 0 Å². The molecule has 0 aromatic heterocycles. The van der Waals surface area contributed by atoms with Crippen LogP contribution < -0.4 is 10.1 Å². The maximum Gasteiger partial charge on any atom is 0.123 e. The van der Waals surface area contributed by atoms with E-state index in [-0.39, 0.29) is 5.82 Å². The van der Waals surface area contributed by atoms with Gasteiger partial charge in [-0.2, -0.15) is 0 Å². The standard InChI is InChI=1S/C18H26FNO/c1-3-10-20-16-12-17(18(16)8-4-5-9-18)21-15-7-6-14(19)11-13(15)2/h6-7,11,16-17,20H,3-5,8-10,12H2,1-2H3. The Balaban J connectivity index is 1.71. The summed E-state index contributed by atoms with van der Waals surface area (Å²) in [6.45, 7) is 5.22. The van der Waals surface area contributed by atoms with Gasteiger partial charge in [0.15, 0.2) is 0 Å². The molecule has 1 aromatic rings. The van der Waals surface area contributed by atoms with Gasteiger partial charge >= 0.3 is 0 Å². The van der Waals surface area contributed by atoms with Gasteiger partial charge in [0.25, 0.3) is 0 Å². The molecule has 2 unspecified atom stereocenters. The maximum atomic E-state index is 13.2. The van der Waals surface area contributed by atoms with Crippen LogP contribution in [-0.4, -0.2) is 18.7 Å².